The molecule has 0 aromatic carbocycles. The molecule has 0 bridgehead atoms. The summed E-state index contributed by atoms with van der Waals surface area (Å²) in [6.45, 7) is 1.70. The summed E-state index contributed by atoms with van der Waals surface area (Å²) in [5.74, 6) is 0.330. The van der Waals surface area contributed by atoms with Gasteiger partial charge in [-0.25, -0.2) is 0 Å². The number of carbonyl (C=O) groups excluding carboxylic acids is 1. The van der Waals surface area contributed by atoms with Gasteiger partial charge >= 0.3 is 0 Å². The minimum absolute atomic E-state index is 0.0248. The summed E-state index contributed by atoms with van der Waals surface area (Å²) in [4.78, 5) is 15.4. The summed E-state index contributed by atoms with van der Waals surface area (Å²) in [5.41, 5.74) is 1.15. The summed E-state index contributed by atoms with van der Waals surface area (Å²) < 4.78 is 0. The van der Waals surface area contributed by atoms with Crippen LogP contribution < -0.4 is 0 Å². The van der Waals surface area contributed by atoms with E-state index < -0.39 is 0 Å². The summed E-state index contributed by atoms with van der Waals surface area (Å²) >= 11 is 0. The normalized spacial score (nSPS) is 18.2. The molecular formula is C11H13NO. The molecule has 0 spiro atoms. The van der Waals surface area contributed by atoms with Crippen LogP contribution in [0.1, 0.15) is 25.3 Å². The van der Waals surface area contributed by atoms with Gasteiger partial charge in [0.2, 0.25) is 0 Å². The average molecular weight is 175 g/mol. The fourth-order valence-electron chi connectivity index (χ4n) is 1.70. The van der Waals surface area contributed by atoms with Gasteiger partial charge in [-0.3, -0.25) is 9.78 Å². The zero-order valence-corrected chi connectivity index (χ0v) is 7.79. The van der Waals surface area contributed by atoms with E-state index in [0.29, 0.717) is 5.78 Å². The van der Waals surface area contributed by atoms with Crippen LogP contribution in [-0.2, 0) is 11.2 Å². The van der Waals surface area contributed by atoms with Crippen molar-refractivity contribution in [1.29, 1.82) is 0 Å². The summed E-state index contributed by atoms with van der Waals surface area (Å²) in [7, 11) is 0. The van der Waals surface area contributed by atoms with Crippen molar-refractivity contribution < 1.29 is 4.79 Å². The molecule has 1 aliphatic carbocycles. The lowest BCUT2D eigenvalue weighted by Crippen LogP contribution is -2.14. The molecule has 1 aromatic rings. The predicted octanol–water partition coefficient (Wildman–Crippen LogP) is 1.99. The van der Waals surface area contributed by atoms with E-state index in [1.54, 1.807) is 13.1 Å². The topological polar surface area (TPSA) is 30.0 Å². The van der Waals surface area contributed by atoms with Crippen LogP contribution in [0.2, 0.25) is 0 Å². The lowest BCUT2D eigenvalue weighted by Gasteiger charge is -2.09. The highest BCUT2D eigenvalue weighted by atomic mass is 16.1. The zero-order chi connectivity index (χ0) is 9.31. The van der Waals surface area contributed by atoms with Crippen molar-refractivity contribution in [2.75, 3.05) is 0 Å². The second-order valence-electron chi connectivity index (χ2n) is 3.87. The van der Waals surface area contributed by atoms with Crippen LogP contribution in [0.15, 0.2) is 24.5 Å². The molecule has 0 N–H and O–H groups in total. The van der Waals surface area contributed by atoms with Gasteiger partial charge in [-0.15, -0.1) is 0 Å². The molecule has 1 heterocycles. The first-order valence-electron chi connectivity index (χ1n) is 4.63. The van der Waals surface area contributed by atoms with E-state index in [1.165, 1.54) is 5.56 Å². The molecule has 68 valence electrons. The van der Waals surface area contributed by atoms with Gasteiger partial charge in [0.25, 0.3) is 0 Å². The van der Waals surface area contributed by atoms with Crippen molar-refractivity contribution in [2.45, 2.75) is 26.2 Å². The van der Waals surface area contributed by atoms with Gasteiger partial charge in [-0.05, 0) is 37.8 Å². The van der Waals surface area contributed by atoms with Gasteiger partial charge in [-0.1, -0.05) is 6.07 Å². The third-order valence-corrected chi connectivity index (χ3v) is 2.87. The number of carbonyl (C=O) groups is 1. The SMILES string of the molecule is CC(=O)C1(Cc2cccnc2)CC1. The number of ketones is 1. The number of hydrogen-bond donors (Lipinski definition) is 0. The Morgan fingerprint density at radius 3 is 2.85 bits per heavy atom. The molecule has 0 atom stereocenters. The Balaban J connectivity index is 2.11. The quantitative estimate of drug-likeness (QED) is 0.703. The van der Waals surface area contributed by atoms with Gasteiger partial charge in [0.15, 0.2) is 0 Å². The van der Waals surface area contributed by atoms with Crippen LogP contribution in [-0.4, -0.2) is 10.8 Å². The van der Waals surface area contributed by atoms with Gasteiger partial charge in [-0.2, -0.15) is 0 Å². The first-order chi connectivity index (χ1) is 6.23. The number of aromatic nitrogens is 1. The highest BCUT2D eigenvalue weighted by Crippen LogP contribution is 2.48. The smallest absolute Gasteiger partial charge is 0.136 e. The standard InChI is InChI=1S/C11H13NO/c1-9(13)11(4-5-11)7-10-3-2-6-12-8-10/h2-3,6,8H,4-5,7H2,1H3. The minimum atomic E-state index is -0.0248. The van der Waals surface area contributed by atoms with Gasteiger partial charge < -0.3 is 0 Å². The Morgan fingerprint density at radius 1 is 1.62 bits per heavy atom. The monoisotopic (exact) mass is 175 g/mol. The van der Waals surface area contributed by atoms with Crippen molar-refractivity contribution in [2.24, 2.45) is 5.41 Å². The molecule has 0 amide bonds. The molecule has 0 saturated heterocycles. The maximum Gasteiger partial charge on any atom is 0.136 e. The van der Waals surface area contributed by atoms with Gasteiger partial charge in [0.1, 0.15) is 5.78 Å². The van der Waals surface area contributed by atoms with Crippen molar-refractivity contribution in [1.82, 2.24) is 4.98 Å². The lowest BCUT2D eigenvalue weighted by molar-refractivity contribution is -0.121. The first-order valence-corrected chi connectivity index (χ1v) is 4.63. The Kier molecular flexibility index (Phi) is 1.91. The van der Waals surface area contributed by atoms with E-state index in [1.807, 2.05) is 18.3 Å². The third kappa shape index (κ3) is 1.62. The van der Waals surface area contributed by atoms with Crippen molar-refractivity contribution in [3.63, 3.8) is 0 Å². The van der Waals surface area contributed by atoms with Crippen molar-refractivity contribution in [3.05, 3.63) is 30.1 Å². The molecule has 2 heteroatoms. The van der Waals surface area contributed by atoms with E-state index in [-0.39, 0.29) is 5.41 Å². The van der Waals surface area contributed by atoms with Crippen LogP contribution >= 0.6 is 0 Å². The van der Waals surface area contributed by atoms with Gasteiger partial charge in [0.05, 0.1) is 0 Å². The van der Waals surface area contributed by atoms with E-state index in [9.17, 15) is 4.79 Å². The molecule has 0 aliphatic heterocycles. The second-order valence-corrected chi connectivity index (χ2v) is 3.87. The number of rotatable bonds is 3. The molecular weight excluding hydrogens is 162 g/mol. The highest BCUT2D eigenvalue weighted by Gasteiger charge is 2.46. The maximum absolute atomic E-state index is 11.3. The average Bonchev–Trinajstić information content (AvgIpc) is 2.87. The van der Waals surface area contributed by atoms with E-state index in [2.05, 4.69) is 4.98 Å². The molecule has 1 fully saturated rings. The van der Waals surface area contributed by atoms with Gasteiger partial charge in [0, 0.05) is 17.8 Å². The Bertz CT molecular complexity index is 314. The molecule has 2 rings (SSSR count). The molecule has 1 aliphatic rings. The summed E-state index contributed by atoms with van der Waals surface area (Å²) in [6.07, 6.45) is 6.59. The lowest BCUT2D eigenvalue weighted by atomic mass is 9.94. The fraction of sp³-hybridized carbons (Fsp3) is 0.455. The van der Waals surface area contributed by atoms with Crippen LogP contribution in [0.4, 0.5) is 0 Å². The maximum atomic E-state index is 11.3. The van der Waals surface area contributed by atoms with Crippen LogP contribution in [0.5, 0.6) is 0 Å². The second kappa shape index (κ2) is 2.95. The predicted molar refractivity (Wildman–Crippen MR) is 50.3 cm³/mol. The largest absolute Gasteiger partial charge is 0.299 e. The number of pyridine rings is 1. The Hall–Kier alpha value is -1.18. The number of hydrogen-bond acceptors (Lipinski definition) is 2. The minimum Gasteiger partial charge on any atom is -0.299 e. The van der Waals surface area contributed by atoms with E-state index in [0.717, 1.165) is 19.3 Å². The molecule has 0 unspecified atom stereocenters. The van der Waals surface area contributed by atoms with Crippen molar-refractivity contribution >= 4 is 5.78 Å². The number of Topliss-reactive ketones (excluding diaryl/α,β-unsaturated/α-hetero) is 1. The molecule has 2 nitrogen and oxygen atoms in total. The molecule has 0 radical (unpaired) electrons. The van der Waals surface area contributed by atoms with Crippen molar-refractivity contribution in [3.8, 4) is 0 Å². The molecule has 1 saturated carbocycles. The summed E-state index contributed by atoms with van der Waals surface area (Å²) in [5, 5.41) is 0. The Labute approximate surface area is 78.0 Å². The fourth-order valence-corrected chi connectivity index (χ4v) is 1.70. The zero-order valence-electron chi connectivity index (χ0n) is 7.79. The van der Waals surface area contributed by atoms with E-state index >= 15 is 0 Å². The summed E-state index contributed by atoms with van der Waals surface area (Å²) in [6, 6.07) is 3.96. The van der Waals surface area contributed by atoms with Crippen LogP contribution in [0.25, 0.3) is 0 Å². The highest BCUT2D eigenvalue weighted by molar-refractivity contribution is 5.85. The number of nitrogens with zero attached hydrogens (tertiary/aromatic N) is 1. The Morgan fingerprint density at radius 2 is 2.38 bits per heavy atom. The van der Waals surface area contributed by atoms with Crippen LogP contribution in [0, 0.1) is 5.41 Å². The third-order valence-electron chi connectivity index (χ3n) is 2.87. The first kappa shape index (κ1) is 8.42. The molecule has 1 aromatic heterocycles. The van der Waals surface area contributed by atoms with Crippen LogP contribution in [0.3, 0.4) is 0 Å². The molecule has 13 heavy (non-hydrogen) atoms. The van der Waals surface area contributed by atoms with E-state index in [4.69, 9.17) is 0 Å².